The van der Waals surface area contributed by atoms with Crippen molar-refractivity contribution in [1.82, 2.24) is 16.2 Å². The van der Waals surface area contributed by atoms with Crippen molar-refractivity contribution in [3.8, 4) is 0 Å². The second-order valence-corrected chi connectivity index (χ2v) is 6.25. The van der Waals surface area contributed by atoms with Crippen molar-refractivity contribution in [3.63, 3.8) is 0 Å². The number of carbonyl (C=O) groups excluding carboxylic acids is 1. The molecule has 132 valence electrons. The average Bonchev–Trinajstić information content (AvgIpc) is 2.66. The fourth-order valence-electron chi connectivity index (χ4n) is 2.53. The Kier molecular flexibility index (Phi) is 5.76. The first-order valence-electron chi connectivity index (χ1n) is 8.15. The van der Waals surface area contributed by atoms with E-state index in [2.05, 4.69) is 16.2 Å². The summed E-state index contributed by atoms with van der Waals surface area (Å²) in [5, 5.41) is 5.48. The monoisotopic (exact) mass is 367 g/mol. The minimum Gasteiger partial charge on any atom is -0.357 e. The molecule has 0 spiro atoms. The molecule has 0 radical (unpaired) electrons. The Morgan fingerprint density at radius 2 is 1.58 bits per heavy atom. The smallest absolute Gasteiger partial charge is 0.242 e. The van der Waals surface area contributed by atoms with Crippen molar-refractivity contribution in [2.75, 3.05) is 0 Å². The molecule has 3 aromatic carbocycles. The number of benzene rings is 3. The molecule has 0 aliphatic heterocycles. The first kappa shape index (κ1) is 17.8. The number of hydrogen-bond acceptors (Lipinski definition) is 2. The number of thiocarbonyl (C=S) groups is 1. The summed E-state index contributed by atoms with van der Waals surface area (Å²) in [6.45, 7) is 0.437. The highest BCUT2D eigenvalue weighted by Gasteiger charge is 2.05. The molecule has 0 saturated heterocycles. The predicted molar refractivity (Wildman–Crippen MR) is 105 cm³/mol. The number of nitrogens with one attached hydrogen (secondary N) is 3. The van der Waals surface area contributed by atoms with Crippen molar-refractivity contribution < 1.29 is 9.18 Å². The molecule has 0 saturated carbocycles. The highest BCUT2D eigenvalue weighted by atomic mass is 32.1. The Hall–Kier alpha value is -2.99. The van der Waals surface area contributed by atoms with Crippen LogP contribution >= 0.6 is 12.2 Å². The zero-order valence-electron chi connectivity index (χ0n) is 14.0. The maximum atomic E-state index is 12.9. The molecular formula is C20H18FN3OS. The second-order valence-electron chi connectivity index (χ2n) is 5.84. The molecule has 0 aliphatic carbocycles. The quantitative estimate of drug-likeness (QED) is 0.490. The molecule has 0 atom stereocenters. The Morgan fingerprint density at radius 1 is 0.885 bits per heavy atom. The van der Waals surface area contributed by atoms with Gasteiger partial charge in [-0.25, -0.2) is 4.39 Å². The van der Waals surface area contributed by atoms with Crippen LogP contribution in [0.25, 0.3) is 10.8 Å². The molecule has 0 aliphatic rings. The van der Waals surface area contributed by atoms with E-state index < -0.39 is 0 Å². The molecule has 0 heterocycles. The Labute approximate surface area is 156 Å². The number of carbonyl (C=O) groups is 1. The van der Waals surface area contributed by atoms with Gasteiger partial charge in [0.2, 0.25) is 5.91 Å². The van der Waals surface area contributed by atoms with Crippen LogP contribution in [0.4, 0.5) is 4.39 Å². The van der Waals surface area contributed by atoms with E-state index in [0.29, 0.717) is 11.7 Å². The molecule has 6 heteroatoms. The first-order valence-corrected chi connectivity index (χ1v) is 8.56. The van der Waals surface area contributed by atoms with E-state index in [1.807, 2.05) is 42.5 Å². The molecule has 26 heavy (non-hydrogen) atoms. The second kappa shape index (κ2) is 8.40. The molecule has 0 aromatic heterocycles. The Morgan fingerprint density at radius 3 is 2.35 bits per heavy atom. The van der Waals surface area contributed by atoms with Gasteiger partial charge in [0.1, 0.15) is 5.82 Å². The Balaban J connectivity index is 1.45. The third-order valence-corrected chi connectivity index (χ3v) is 4.11. The predicted octanol–water partition coefficient (Wildman–Crippen LogP) is 3.22. The van der Waals surface area contributed by atoms with Gasteiger partial charge in [-0.2, -0.15) is 0 Å². The van der Waals surface area contributed by atoms with Crippen LogP contribution in [0.5, 0.6) is 0 Å². The van der Waals surface area contributed by atoms with Crippen molar-refractivity contribution in [3.05, 3.63) is 83.7 Å². The fraction of sp³-hybridized carbons (Fsp3) is 0.100. The lowest BCUT2D eigenvalue weighted by atomic mass is 10.1. The summed E-state index contributed by atoms with van der Waals surface area (Å²) in [5.74, 6) is -0.471. The van der Waals surface area contributed by atoms with Gasteiger partial charge in [-0.05, 0) is 46.2 Å². The minimum absolute atomic E-state index is 0.189. The molecule has 1 amide bonds. The maximum Gasteiger partial charge on any atom is 0.242 e. The highest BCUT2D eigenvalue weighted by molar-refractivity contribution is 7.80. The normalized spacial score (nSPS) is 10.3. The van der Waals surface area contributed by atoms with Gasteiger partial charge < -0.3 is 5.32 Å². The number of hydrazine groups is 1. The van der Waals surface area contributed by atoms with Gasteiger partial charge in [-0.1, -0.05) is 54.6 Å². The van der Waals surface area contributed by atoms with E-state index in [4.69, 9.17) is 12.2 Å². The lowest BCUT2D eigenvalue weighted by molar-refractivity contribution is -0.121. The van der Waals surface area contributed by atoms with Crippen LogP contribution in [0.1, 0.15) is 11.1 Å². The standard InChI is InChI=1S/C20H18FN3OS/c21-18-9-6-14(7-10-18)13-22-20(26)24-23-19(25)12-15-5-8-16-3-1-2-4-17(16)11-15/h1-11H,12-13H2,(H,23,25)(H2,22,24,26). The van der Waals surface area contributed by atoms with Gasteiger partial charge in [-0.3, -0.25) is 15.6 Å². The summed E-state index contributed by atoms with van der Waals surface area (Å²) in [7, 11) is 0. The number of rotatable bonds is 4. The third-order valence-electron chi connectivity index (χ3n) is 3.86. The topological polar surface area (TPSA) is 53.2 Å². The van der Waals surface area contributed by atoms with Crippen molar-refractivity contribution in [1.29, 1.82) is 0 Å². The van der Waals surface area contributed by atoms with E-state index in [1.165, 1.54) is 12.1 Å². The van der Waals surface area contributed by atoms with Gasteiger partial charge >= 0.3 is 0 Å². The van der Waals surface area contributed by atoms with Crippen LogP contribution in [-0.4, -0.2) is 11.0 Å². The molecule has 0 bridgehead atoms. The van der Waals surface area contributed by atoms with Gasteiger partial charge in [0, 0.05) is 6.54 Å². The van der Waals surface area contributed by atoms with Gasteiger partial charge in [0.25, 0.3) is 0 Å². The summed E-state index contributed by atoms with van der Waals surface area (Å²) in [5.41, 5.74) is 7.05. The maximum absolute atomic E-state index is 12.9. The van der Waals surface area contributed by atoms with Crippen LogP contribution < -0.4 is 16.2 Å². The van der Waals surface area contributed by atoms with E-state index in [0.717, 1.165) is 21.9 Å². The van der Waals surface area contributed by atoms with Crippen LogP contribution in [0.15, 0.2) is 66.7 Å². The fourth-order valence-corrected chi connectivity index (χ4v) is 2.66. The molecule has 3 aromatic rings. The van der Waals surface area contributed by atoms with Crippen LogP contribution in [0, 0.1) is 5.82 Å². The summed E-state index contributed by atoms with van der Waals surface area (Å²) in [4.78, 5) is 12.1. The van der Waals surface area contributed by atoms with E-state index in [-0.39, 0.29) is 18.1 Å². The molecule has 0 unspecified atom stereocenters. The number of halogens is 1. The zero-order valence-corrected chi connectivity index (χ0v) is 14.8. The number of hydrogen-bond donors (Lipinski definition) is 3. The van der Waals surface area contributed by atoms with Gasteiger partial charge in [0.15, 0.2) is 5.11 Å². The van der Waals surface area contributed by atoms with Crippen LogP contribution in [0.3, 0.4) is 0 Å². The van der Waals surface area contributed by atoms with E-state index in [1.54, 1.807) is 12.1 Å². The Bertz CT molecular complexity index is 928. The molecule has 3 N–H and O–H groups in total. The van der Waals surface area contributed by atoms with Crippen molar-refractivity contribution >= 4 is 34.0 Å². The number of fused-ring (bicyclic) bond motifs is 1. The summed E-state index contributed by atoms with van der Waals surface area (Å²) in [6.07, 6.45) is 0.248. The van der Waals surface area contributed by atoms with Crippen molar-refractivity contribution in [2.24, 2.45) is 0 Å². The summed E-state index contributed by atoms with van der Waals surface area (Å²) in [6, 6.07) is 20.1. The molecule has 0 fully saturated rings. The third kappa shape index (κ3) is 5.00. The number of amides is 1. The summed E-state index contributed by atoms with van der Waals surface area (Å²) >= 11 is 5.11. The lowest BCUT2D eigenvalue weighted by Crippen LogP contribution is -2.47. The van der Waals surface area contributed by atoms with Crippen LogP contribution in [0.2, 0.25) is 0 Å². The van der Waals surface area contributed by atoms with E-state index in [9.17, 15) is 9.18 Å². The van der Waals surface area contributed by atoms with Gasteiger partial charge in [0.05, 0.1) is 6.42 Å². The highest BCUT2D eigenvalue weighted by Crippen LogP contribution is 2.15. The summed E-state index contributed by atoms with van der Waals surface area (Å²) < 4.78 is 12.9. The van der Waals surface area contributed by atoms with Gasteiger partial charge in [-0.15, -0.1) is 0 Å². The largest absolute Gasteiger partial charge is 0.357 e. The SMILES string of the molecule is O=C(Cc1ccc2ccccc2c1)NNC(=S)NCc1ccc(F)cc1. The molecule has 3 rings (SSSR count). The van der Waals surface area contributed by atoms with Crippen molar-refractivity contribution in [2.45, 2.75) is 13.0 Å². The molecule has 4 nitrogen and oxygen atoms in total. The lowest BCUT2D eigenvalue weighted by Gasteiger charge is -2.12. The molecular weight excluding hydrogens is 349 g/mol. The average molecular weight is 367 g/mol. The first-order chi connectivity index (χ1) is 12.6. The van der Waals surface area contributed by atoms with Crippen LogP contribution in [-0.2, 0) is 17.8 Å². The van der Waals surface area contributed by atoms with E-state index >= 15 is 0 Å². The zero-order chi connectivity index (χ0) is 18.4. The minimum atomic E-state index is -0.282.